The molecular weight excluding hydrogens is 748 g/mol. The second-order valence-corrected chi connectivity index (χ2v) is 12.7. The first-order chi connectivity index (χ1) is 24.3. The number of ether oxygens (including phenoxy) is 3. The molecule has 0 aromatic carbocycles. The third kappa shape index (κ3) is 23.2. The van der Waals surface area contributed by atoms with Crippen molar-refractivity contribution in [1.82, 2.24) is 20.6 Å². The van der Waals surface area contributed by atoms with E-state index in [2.05, 4.69) is 0 Å². The van der Waals surface area contributed by atoms with Crippen molar-refractivity contribution in [2.75, 3.05) is 85.6 Å². The third-order valence-electron chi connectivity index (χ3n) is 6.34. The topological polar surface area (TPSA) is 160 Å². The molecule has 0 aromatic heterocycles. The molecule has 0 heterocycles. The van der Waals surface area contributed by atoms with Crippen LogP contribution >= 0.6 is 8.53 Å². The second-order valence-electron chi connectivity index (χ2n) is 11.2. The zero-order chi connectivity index (χ0) is 39.7. The zero-order valence-corrected chi connectivity index (χ0v) is 29.8. The molecule has 0 aliphatic carbocycles. The minimum absolute atomic E-state index is 0.0274. The molecule has 0 radical (unpaired) electrons. The fourth-order valence-electron chi connectivity index (χ4n) is 3.90. The predicted molar refractivity (Wildman–Crippen MR) is 167 cm³/mol. The number of nitrogens with one attached hydrogen (secondary N) is 3. The molecule has 0 rings (SSSR count). The van der Waals surface area contributed by atoms with Gasteiger partial charge in [-0.1, -0.05) is 13.8 Å². The van der Waals surface area contributed by atoms with Crippen molar-refractivity contribution in [1.29, 1.82) is 5.26 Å². The molecule has 3 N–H and O–H groups in total. The molecule has 0 spiro atoms. The Labute approximate surface area is 297 Å². The van der Waals surface area contributed by atoms with Gasteiger partial charge < -0.3 is 39.2 Å². The van der Waals surface area contributed by atoms with Gasteiger partial charge in [-0.15, -0.1) is 0 Å². The van der Waals surface area contributed by atoms with E-state index in [0.29, 0.717) is 25.9 Å². The van der Waals surface area contributed by atoms with Gasteiger partial charge in [-0.3, -0.25) is 14.4 Å². The minimum atomic E-state index is -5.08. The molecule has 3 amide bonds. The van der Waals surface area contributed by atoms with Crippen molar-refractivity contribution in [2.24, 2.45) is 5.41 Å². The second kappa shape index (κ2) is 26.3. The van der Waals surface area contributed by atoms with Gasteiger partial charge in [0.1, 0.15) is 0 Å². The van der Waals surface area contributed by atoms with Crippen LogP contribution in [0.1, 0.15) is 52.4 Å². The molecule has 0 aromatic rings. The van der Waals surface area contributed by atoms with Crippen molar-refractivity contribution in [3.05, 3.63) is 0 Å². The molecule has 0 bridgehead atoms. The van der Waals surface area contributed by atoms with Crippen LogP contribution in [0.2, 0.25) is 0 Å². The lowest BCUT2D eigenvalue weighted by Gasteiger charge is -2.36. The Morgan fingerprint density at radius 2 is 0.981 bits per heavy atom. The Kier molecular flexibility index (Phi) is 25.0. The van der Waals surface area contributed by atoms with E-state index in [-0.39, 0.29) is 98.2 Å². The minimum Gasteiger partial charge on any atom is -0.381 e. The van der Waals surface area contributed by atoms with Gasteiger partial charge >= 0.3 is 36.3 Å². The normalized spacial score (nSPS) is 13.1. The summed E-state index contributed by atoms with van der Waals surface area (Å²) in [5.74, 6) is -6.41. The summed E-state index contributed by atoms with van der Waals surface area (Å²) in [6.45, 7) is 2.35. The quantitative estimate of drug-likeness (QED) is 0.0558. The average Bonchev–Trinajstić information content (AvgIpc) is 3.05. The van der Waals surface area contributed by atoms with E-state index in [0.717, 1.165) is 0 Å². The molecule has 0 saturated carbocycles. The zero-order valence-electron chi connectivity index (χ0n) is 28.9. The third-order valence-corrected chi connectivity index (χ3v) is 7.96. The number of alkyl halides is 9. The summed E-state index contributed by atoms with van der Waals surface area (Å²) in [5, 5.41) is 14.1. The van der Waals surface area contributed by atoms with Crippen molar-refractivity contribution in [3.63, 3.8) is 0 Å². The Morgan fingerprint density at radius 3 is 1.29 bits per heavy atom. The average molecular weight is 796 g/mol. The highest BCUT2D eigenvalue weighted by Crippen LogP contribution is 2.45. The van der Waals surface area contributed by atoms with Crippen LogP contribution in [0.3, 0.4) is 0 Å². The molecule has 1 unspecified atom stereocenters. The van der Waals surface area contributed by atoms with Crippen molar-refractivity contribution >= 4 is 26.2 Å². The van der Waals surface area contributed by atoms with Gasteiger partial charge in [0.15, 0.2) is 0 Å². The van der Waals surface area contributed by atoms with Gasteiger partial charge in [-0.25, -0.2) is 4.67 Å². The Balaban J connectivity index is 5.94. The van der Waals surface area contributed by atoms with E-state index < -0.39 is 50.2 Å². The Morgan fingerprint density at radius 1 is 0.615 bits per heavy atom. The van der Waals surface area contributed by atoms with Crippen LogP contribution in [-0.2, 0) is 37.6 Å². The van der Waals surface area contributed by atoms with Crippen LogP contribution in [0.25, 0.3) is 0 Å². The monoisotopic (exact) mass is 795 g/mol. The molecule has 23 heteroatoms. The standard InChI is InChI=1S/C29H47F9N5O8P/c1-3-13-43(14-4-2)52(50-18-5-9-39)51-22-26(19-47-15-6-10-40-23(44)27(30,31)32,20-48-16-7-11-41-24(45)28(33,34)35)21-49-17-8-12-42-25(46)29(36,37)38/h3-8,10-22H2,1-2H3,(H,40,44)(H,41,45)(H,42,46). The number of amides is 3. The maximum absolute atomic E-state index is 12.5. The lowest BCUT2D eigenvalue weighted by Crippen LogP contribution is -2.43. The number of carbonyl (C=O) groups excluding carboxylic acids is 3. The number of nitriles is 1. The van der Waals surface area contributed by atoms with E-state index in [1.165, 1.54) is 0 Å². The molecule has 52 heavy (non-hydrogen) atoms. The first-order valence-electron chi connectivity index (χ1n) is 16.3. The van der Waals surface area contributed by atoms with Gasteiger partial charge in [0.05, 0.1) is 50.9 Å². The molecular formula is C29H47F9N5O8P. The maximum atomic E-state index is 12.5. The van der Waals surface area contributed by atoms with Crippen LogP contribution < -0.4 is 16.0 Å². The smallest absolute Gasteiger partial charge is 0.381 e. The highest BCUT2D eigenvalue weighted by molar-refractivity contribution is 7.44. The van der Waals surface area contributed by atoms with Crippen LogP contribution in [0, 0.1) is 16.7 Å². The van der Waals surface area contributed by atoms with Gasteiger partial charge in [0.2, 0.25) is 0 Å². The molecule has 0 saturated heterocycles. The SMILES string of the molecule is CCCN(CCC)P(OCCC#N)OCC(COCCCNC(=O)C(F)(F)F)(COCCCNC(=O)C(F)(F)F)COCCCNC(=O)C(F)(F)F. The molecule has 1 atom stereocenters. The summed E-state index contributed by atoms with van der Waals surface area (Å²) in [5.41, 5.74) is -1.26. The van der Waals surface area contributed by atoms with Gasteiger partial charge in [0, 0.05) is 52.5 Å². The summed E-state index contributed by atoms with van der Waals surface area (Å²) in [6, 6.07) is 1.96. The van der Waals surface area contributed by atoms with Crippen LogP contribution in [-0.4, -0.2) is 126 Å². The maximum Gasteiger partial charge on any atom is 0.471 e. The Hall–Kier alpha value is -2.54. The summed E-state index contributed by atoms with van der Waals surface area (Å²) in [6.07, 6.45) is -13.9. The lowest BCUT2D eigenvalue weighted by atomic mass is 9.92. The summed E-state index contributed by atoms with van der Waals surface area (Å²) >= 11 is 0. The van der Waals surface area contributed by atoms with E-state index in [4.69, 9.17) is 28.5 Å². The lowest BCUT2D eigenvalue weighted by molar-refractivity contribution is -0.173. The van der Waals surface area contributed by atoms with Crippen molar-refractivity contribution in [2.45, 2.75) is 70.9 Å². The van der Waals surface area contributed by atoms with Crippen LogP contribution in [0.15, 0.2) is 0 Å². The van der Waals surface area contributed by atoms with Gasteiger partial charge in [0.25, 0.3) is 8.53 Å². The predicted octanol–water partition coefficient (Wildman–Crippen LogP) is 4.52. The first kappa shape index (κ1) is 49.5. The first-order valence-corrected chi connectivity index (χ1v) is 17.4. The largest absolute Gasteiger partial charge is 0.471 e. The number of rotatable bonds is 29. The Bertz CT molecular complexity index is 967. The molecule has 13 nitrogen and oxygen atoms in total. The molecule has 0 fully saturated rings. The summed E-state index contributed by atoms with van der Waals surface area (Å²) in [4.78, 5) is 33.3. The van der Waals surface area contributed by atoms with Crippen molar-refractivity contribution in [3.8, 4) is 6.07 Å². The fraction of sp³-hybridized carbons (Fsp3) is 0.862. The number of nitrogens with zero attached hydrogens (tertiary/aromatic N) is 2. The highest BCUT2D eigenvalue weighted by Gasteiger charge is 2.40. The molecule has 0 aliphatic heterocycles. The number of hydrogen-bond acceptors (Lipinski definition) is 10. The highest BCUT2D eigenvalue weighted by atomic mass is 31.2. The molecule has 304 valence electrons. The van der Waals surface area contributed by atoms with E-state index in [1.807, 2.05) is 24.6 Å². The van der Waals surface area contributed by atoms with E-state index in [1.54, 1.807) is 16.0 Å². The van der Waals surface area contributed by atoms with Gasteiger partial charge in [-0.2, -0.15) is 44.8 Å². The van der Waals surface area contributed by atoms with E-state index >= 15 is 0 Å². The number of carbonyl (C=O) groups is 3. The summed E-state index contributed by atoms with van der Waals surface area (Å²) < 4.78 is 144. The summed E-state index contributed by atoms with van der Waals surface area (Å²) in [7, 11) is -1.79. The van der Waals surface area contributed by atoms with Crippen molar-refractivity contribution < 1.29 is 77.2 Å². The number of halogens is 9. The van der Waals surface area contributed by atoms with Crippen LogP contribution in [0.5, 0.6) is 0 Å². The van der Waals surface area contributed by atoms with Crippen LogP contribution in [0.4, 0.5) is 39.5 Å². The number of hydrogen-bond donors (Lipinski definition) is 3. The van der Waals surface area contributed by atoms with E-state index in [9.17, 15) is 53.9 Å². The molecule has 0 aliphatic rings. The van der Waals surface area contributed by atoms with Gasteiger partial charge in [-0.05, 0) is 32.1 Å². The fourth-order valence-corrected chi connectivity index (χ4v) is 5.66.